The molecule has 0 bridgehead atoms. The largest absolute Gasteiger partial charge is 0.494 e. The number of likely N-dealkylation sites (N-methyl/N-ethyl adjacent to an activating group) is 1. The lowest BCUT2D eigenvalue weighted by Crippen LogP contribution is -2.46. The van der Waals surface area contributed by atoms with Gasteiger partial charge in [0, 0.05) is 67.2 Å². The maximum atomic E-state index is 15.0. The molecule has 0 unspecified atom stereocenters. The number of anilines is 2. The molecule has 0 radical (unpaired) electrons. The van der Waals surface area contributed by atoms with Crippen LogP contribution in [0.5, 0.6) is 11.5 Å². The van der Waals surface area contributed by atoms with Gasteiger partial charge in [-0.15, -0.1) is 0 Å². The third-order valence-electron chi connectivity index (χ3n) is 7.77. The number of benzene rings is 3. The second-order valence-corrected chi connectivity index (χ2v) is 10.3. The molecule has 3 aromatic carbocycles. The van der Waals surface area contributed by atoms with Crippen molar-refractivity contribution in [3.05, 3.63) is 95.5 Å². The number of ether oxygens (including phenoxy) is 2. The first-order chi connectivity index (χ1) is 21.3. The predicted molar refractivity (Wildman–Crippen MR) is 165 cm³/mol. The van der Waals surface area contributed by atoms with Crippen molar-refractivity contribution < 1.29 is 27.8 Å². The van der Waals surface area contributed by atoms with Crippen molar-refractivity contribution >= 4 is 34.0 Å². The molecule has 1 amide bonds. The molecule has 228 valence electrons. The van der Waals surface area contributed by atoms with Crippen LogP contribution in [0.15, 0.2) is 61.3 Å². The number of halogens is 2. The summed E-state index contributed by atoms with van der Waals surface area (Å²) in [4.78, 5) is 39.4. The fourth-order valence-electron chi connectivity index (χ4n) is 5.23. The van der Waals surface area contributed by atoms with E-state index < -0.39 is 23.0 Å². The number of nitrogens with zero attached hydrogens (tertiary/aromatic N) is 4. The van der Waals surface area contributed by atoms with Crippen molar-refractivity contribution in [3.63, 3.8) is 0 Å². The zero-order chi connectivity index (χ0) is 31.4. The van der Waals surface area contributed by atoms with E-state index in [0.717, 1.165) is 50.0 Å². The van der Waals surface area contributed by atoms with Crippen LogP contribution in [-0.2, 0) is 11.2 Å². The van der Waals surface area contributed by atoms with Gasteiger partial charge in [0.1, 0.15) is 11.4 Å². The summed E-state index contributed by atoms with van der Waals surface area (Å²) >= 11 is 0. The lowest BCUT2D eigenvalue weighted by atomic mass is 10.00. The van der Waals surface area contributed by atoms with Crippen LogP contribution in [0.25, 0.3) is 10.9 Å². The predicted octanol–water partition coefficient (Wildman–Crippen LogP) is 5.01. The minimum atomic E-state index is -1.12. The Morgan fingerprint density at radius 2 is 1.70 bits per heavy atom. The smallest absolute Gasteiger partial charge is 0.247 e. The topological polar surface area (TPSA) is 96.9 Å². The van der Waals surface area contributed by atoms with Crippen LogP contribution in [0.1, 0.15) is 34.2 Å². The zero-order valence-electron chi connectivity index (χ0n) is 24.8. The van der Waals surface area contributed by atoms with Crippen LogP contribution < -0.4 is 19.7 Å². The quantitative estimate of drug-likeness (QED) is 0.200. The van der Waals surface area contributed by atoms with Crippen molar-refractivity contribution in [2.45, 2.75) is 13.3 Å². The fourth-order valence-corrected chi connectivity index (χ4v) is 5.23. The Hall–Kier alpha value is -4.90. The van der Waals surface area contributed by atoms with Crippen molar-refractivity contribution in [3.8, 4) is 11.5 Å². The van der Waals surface area contributed by atoms with E-state index in [1.165, 1.54) is 32.4 Å². The number of hydrogen-bond donors (Lipinski definition) is 1. The number of methoxy groups -OCH3 is 2. The Kier molecular flexibility index (Phi) is 9.15. The lowest BCUT2D eigenvalue weighted by molar-refractivity contribution is -0.111. The van der Waals surface area contributed by atoms with Gasteiger partial charge in [0.25, 0.3) is 0 Å². The Morgan fingerprint density at radius 1 is 1.00 bits per heavy atom. The van der Waals surface area contributed by atoms with E-state index in [1.807, 2.05) is 18.2 Å². The number of fused-ring (bicyclic) bond motifs is 1. The highest BCUT2D eigenvalue weighted by molar-refractivity contribution is 6.11. The van der Waals surface area contributed by atoms with Gasteiger partial charge < -0.3 is 24.6 Å². The van der Waals surface area contributed by atoms with E-state index >= 15 is 8.78 Å². The van der Waals surface area contributed by atoms with E-state index in [-0.39, 0.29) is 29.4 Å². The van der Waals surface area contributed by atoms with E-state index in [0.29, 0.717) is 22.4 Å². The highest BCUT2D eigenvalue weighted by Crippen LogP contribution is 2.33. The normalized spacial score (nSPS) is 13.5. The zero-order valence-corrected chi connectivity index (χ0v) is 24.8. The van der Waals surface area contributed by atoms with Gasteiger partial charge in [-0.2, -0.15) is 0 Å². The number of amides is 1. The maximum Gasteiger partial charge on any atom is 0.247 e. The first kappa shape index (κ1) is 30.6. The minimum Gasteiger partial charge on any atom is -0.494 e. The standard InChI is InChI=1S/C33H33F2N5O4/c1-5-29(41)38-25-17-23(40-13-11-39(6-2)12-14-40)10-9-20(25)16-28-36-19-22-8-7-21(15-24(22)37-28)33(42)30-31(34)26(43-3)18-27(44-4)32(30)35/h5,7-10,15,17-19H,1,6,11-14,16H2,2-4H3,(H,38,41). The minimum absolute atomic E-state index is 0.0294. The number of aromatic nitrogens is 2. The number of hydrogen-bond acceptors (Lipinski definition) is 8. The van der Waals surface area contributed by atoms with Crippen LogP contribution in [0.3, 0.4) is 0 Å². The monoisotopic (exact) mass is 601 g/mol. The van der Waals surface area contributed by atoms with Crippen molar-refractivity contribution in [1.82, 2.24) is 14.9 Å². The van der Waals surface area contributed by atoms with Gasteiger partial charge in [0.15, 0.2) is 28.9 Å². The SMILES string of the molecule is C=CC(=O)Nc1cc(N2CCN(CC)CC2)ccc1Cc1ncc2ccc(C(=O)c3c(F)c(OC)cc(OC)c3F)cc2n1. The van der Waals surface area contributed by atoms with Gasteiger partial charge in [-0.1, -0.05) is 31.7 Å². The first-order valence-electron chi connectivity index (χ1n) is 14.2. The molecule has 1 aliphatic heterocycles. The molecule has 0 spiro atoms. The van der Waals surface area contributed by atoms with Gasteiger partial charge in [-0.05, 0) is 36.4 Å². The number of carbonyl (C=O) groups is 2. The second kappa shape index (κ2) is 13.2. The lowest BCUT2D eigenvalue weighted by Gasteiger charge is -2.35. The number of piperazine rings is 1. The Balaban J connectivity index is 1.46. The molecule has 5 rings (SSSR count). The van der Waals surface area contributed by atoms with Crippen LogP contribution in [0, 0.1) is 11.6 Å². The molecular formula is C33H33F2N5O4. The van der Waals surface area contributed by atoms with Crippen LogP contribution in [0.2, 0.25) is 0 Å². The summed E-state index contributed by atoms with van der Waals surface area (Å²) in [7, 11) is 2.43. The molecule has 0 saturated carbocycles. The molecule has 0 atom stereocenters. The van der Waals surface area contributed by atoms with Crippen LogP contribution in [-0.4, -0.2) is 73.5 Å². The summed E-state index contributed by atoms with van der Waals surface area (Å²) < 4.78 is 40.0. The van der Waals surface area contributed by atoms with E-state index in [9.17, 15) is 9.59 Å². The molecule has 1 saturated heterocycles. The highest BCUT2D eigenvalue weighted by Gasteiger charge is 2.27. The van der Waals surface area contributed by atoms with Gasteiger partial charge in [0.05, 0.1) is 19.7 Å². The molecule has 11 heteroatoms. The summed E-state index contributed by atoms with van der Waals surface area (Å²) in [6, 6.07) is 11.5. The third kappa shape index (κ3) is 6.23. The maximum absolute atomic E-state index is 15.0. The Bertz CT molecular complexity index is 1710. The average molecular weight is 602 g/mol. The first-order valence-corrected chi connectivity index (χ1v) is 14.2. The van der Waals surface area contributed by atoms with Gasteiger partial charge >= 0.3 is 0 Å². The molecule has 1 aromatic heterocycles. The van der Waals surface area contributed by atoms with E-state index in [2.05, 4.69) is 38.6 Å². The number of ketones is 1. The molecule has 1 aliphatic rings. The molecule has 1 N–H and O–H groups in total. The van der Waals surface area contributed by atoms with Crippen LogP contribution >= 0.6 is 0 Å². The van der Waals surface area contributed by atoms with E-state index in [4.69, 9.17) is 9.47 Å². The highest BCUT2D eigenvalue weighted by atomic mass is 19.1. The number of carbonyl (C=O) groups excluding carboxylic acids is 2. The summed E-state index contributed by atoms with van der Waals surface area (Å²) in [6.07, 6.45) is 3.11. The van der Waals surface area contributed by atoms with Gasteiger partial charge in [-0.25, -0.2) is 18.7 Å². The summed E-state index contributed by atoms with van der Waals surface area (Å²) in [5.41, 5.74) is 2.07. The van der Waals surface area contributed by atoms with Crippen molar-refractivity contribution in [1.29, 1.82) is 0 Å². The fraction of sp³-hybridized carbons (Fsp3) is 0.273. The van der Waals surface area contributed by atoms with Gasteiger partial charge in [0.2, 0.25) is 5.91 Å². The van der Waals surface area contributed by atoms with E-state index in [1.54, 1.807) is 12.3 Å². The second-order valence-electron chi connectivity index (χ2n) is 10.3. The molecule has 9 nitrogen and oxygen atoms in total. The molecule has 4 aromatic rings. The number of nitrogens with one attached hydrogen (secondary N) is 1. The van der Waals surface area contributed by atoms with Gasteiger partial charge in [-0.3, -0.25) is 9.59 Å². The molecule has 0 aliphatic carbocycles. The molecule has 44 heavy (non-hydrogen) atoms. The summed E-state index contributed by atoms with van der Waals surface area (Å²) in [5.74, 6) is -3.66. The summed E-state index contributed by atoms with van der Waals surface area (Å²) in [5, 5.41) is 3.54. The third-order valence-corrected chi connectivity index (χ3v) is 7.77. The van der Waals surface area contributed by atoms with Crippen molar-refractivity contribution in [2.75, 3.05) is 57.2 Å². The molecule has 2 heterocycles. The summed E-state index contributed by atoms with van der Waals surface area (Å²) in [6.45, 7) is 10.4. The molecule has 1 fully saturated rings. The Labute approximate surface area is 254 Å². The van der Waals surface area contributed by atoms with Crippen molar-refractivity contribution in [2.24, 2.45) is 0 Å². The van der Waals surface area contributed by atoms with Crippen LogP contribution in [0.4, 0.5) is 20.2 Å². The Morgan fingerprint density at radius 3 is 2.34 bits per heavy atom. The number of rotatable bonds is 10. The molecular weight excluding hydrogens is 568 g/mol. The average Bonchev–Trinajstić information content (AvgIpc) is 3.05.